The number of halogens is 1. The maximum absolute atomic E-state index is 12.4. The van der Waals surface area contributed by atoms with E-state index in [0.717, 1.165) is 0 Å². The predicted octanol–water partition coefficient (Wildman–Crippen LogP) is -0.303. The number of hydrogen-bond donors (Lipinski definition) is 5. The van der Waals surface area contributed by atoms with Gasteiger partial charge in [0.1, 0.15) is 0 Å². The van der Waals surface area contributed by atoms with Gasteiger partial charge < -0.3 is 20.6 Å². The smallest absolute Gasteiger partial charge is 0.342 e. The molecule has 1 saturated heterocycles. The van der Waals surface area contributed by atoms with Gasteiger partial charge in [-0.2, -0.15) is 5.10 Å². The molecule has 2 aromatic rings. The van der Waals surface area contributed by atoms with Crippen LogP contribution in [-0.2, 0) is 4.79 Å². The van der Waals surface area contributed by atoms with E-state index in [0.29, 0.717) is 36.6 Å². The first-order valence-electron chi connectivity index (χ1n) is 9.73. The van der Waals surface area contributed by atoms with Gasteiger partial charge in [0, 0.05) is 19.6 Å². The first-order valence-corrected chi connectivity index (χ1v) is 10.1. The third-order valence-corrected chi connectivity index (χ3v) is 5.48. The monoisotopic (exact) mass is 450 g/mol. The minimum atomic E-state index is -1.04. The van der Waals surface area contributed by atoms with E-state index in [4.69, 9.17) is 11.6 Å². The van der Waals surface area contributed by atoms with Crippen molar-refractivity contribution >= 4 is 29.1 Å². The van der Waals surface area contributed by atoms with Gasteiger partial charge in [-0.15, -0.1) is 0 Å². The largest absolute Gasteiger partial charge is 0.390 e. The fraction of sp³-hybridized carbons (Fsp3) is 0.421. The highest BCUT2D eigenvalue weighted by atomic mass is 35.5. The van der Waals surface area contributed by atoms with E-state index in [9.17, 15) is 24.3 Å². The molecule has 0 saturated carbocycles. The van der Waals surface area contributed by atoms with E-state index in [1.807, 2.05) is 16.1 Å². The van der Waals surface area contributed by atoms with E-state index in [-0.39, 0.29) is 25.4 Å². The summed E-state index contributed by atoms with van der Waals surface area (Å²) >= 11 is 6.07. The number of nitrogens with zero attached hydrogens (tertiary/aromatic N) is 2. The molecule has 0 radical (unpaired) electrons. The van der Waals surface area contributed by atoms with Gasteiger partial charge in [0.2, 0.25) is 11.6 Å². The number of aromatic amines is 2. The summed E-state index contributed by atoms with van der Waals surface area (Å²) in [5.74, 6) is -0.849. The number of anilines is 1. The van der Waals surface area contributed by atoms with Crippen LogP contribution in [0.2, 0.25) is 5.02 Å². The van der Waals surface area contributed by atoms with Crippen LogP contribution in [-0.4, -0.2) is 68.8 Å². The molecule has 1 aromatic carbocycles. The molecule has 31 heavy (non-hydrogen) atoms. The zero-order valence-electron chi connectivity index (χ0n) is 16.6. The number of aromatic nitrogens is 3. The van der Waals surface area contributed by atoms with Crippen LogP contribution >= 0.6 is 11.6 Å². The molecular weight excluding hydrogens is 428 g/mol. The van der Waals surface area contributed by atoms with Crippen molar-refractivity contribution in [3.8, 4) is 0 Å². The molecule has 0 unspecified atom stereocenters. The quantitative estimate of drug-likeness (QED) is 0.387. The topological polar surface area (TPSA) is 160 Å². The number of para-hydroxylation sites is 1. The van der Waals surface area contributed by atoms with E-state index in [2.05, 4.69) is 15.7 Å². The molecule has 5 N–H and O–H groups in total. The van der Waals surface area contributed by atoms with Crippen LogP contribution in [0.15, 0.2) is 33.9 Å². The molecular formula is C19H23ClN6O5. The number of carbonyl (C=O) groups excluding carboxylic acids is 2. The van der Waals surface area contributed by atoms with Crippen molar-refractivity contribution < 1.29 is 14.7 Å². The van der Waals surface area contributed by atoms with Crippen molar-refractivity contribution in [1.82, 2.24) is 25.4 Å². The number of carbonyl (C=O) groups is 2. The first-order chi connectivity index (χ1) is 14.8. The number of rotatable bonds is 7. The Morgan fingerprint density at radius 3 is 2.61 bits per heavy atom. The molecule has 2 heterocycles. The molecule has 166 valence electrons. The van der Waals surface area contributed by atoms with Crippen LogP contribution in [0.1, 0.15) is 29.8 Å². The Morgan fingerprint density at radius 2 is 1.94 bits per heavy atom. The van der Waals surface area contributed by atoms with Crippen molar-refractivity contribution in [1.29, 1.82) is 0 Å². The minimum Gasteiger partial charge on any atom is -0.390 e. The molecule has 0 bridgehead atoms. The van der Waals surface area contributed by atoms with Crippen LogP contribution in [0.3, 0.4) is 0 Å². The van der Waals surface area contributed by atoms with Crippen LogP contribution in [0.5, 0.6) is 0 Å². The lowest BCUT2D eigenvalue weighted by molar-refractivity contribution is -0.133. The second-order valence-corrected chi connectivity index (χ2v) is 7.71. The first kappa shape index (κ1) is 22.5. The maximum Gasteiger partial charge on any atom is 0.342 e. The Morgan fingerprint density at radius 1 is 1.23 bits per heavy atom. The predicted molar refractivity (Wildman–Crippen MR) is 113 cm³/mol. The summed E-state index contributed by atoms with van der Waals surface area (Å²) in [7, 11) is 0. The summed E-state index contributed by atoms with van der Waals surface area (Å²) in [5.41, 5.74) is -2.52. The number of amides is 2. The Hall–Kier alpha value is -3.18. The lowest BCUT2D eigenvalue weighted by Gasteiger charge is -2.38. The highest BCUT2D eigenvalue weighted by Gasteiger charge is 2.33. The van der Waals surface area contributed by atoms with E-state index >= 15 is 0 Å². The number of aliphatic hydroxyl groups is 1. The standard InChI is InChI=1S/C19H23ClN6O5/c20-12-3-1-2-4-13(12)22-11-14(27)26-9-6-19(31,7-10-26)5-8-21-16(28)15-17(29)23-18(30)25-24-15/h1-4,22,31H,5-11H2,(H,21,28)(H2,23,25,29,30). The molecule has 0 atom stereocenters. The highest BCUT2D eigenvalue weighted by molar-refractivity contribution is 6.33. The number of hydrogen-bond acceptors (Lipinski definition) is 7. The molecule has 3 rings (SSSR count). The second-order valence-electron chi connectivity index (χ2n) is 7.30. The summed E-state index contributed by atoms with van der Waals surface area (Å²) < 4.78 is 0. The number of likely N-dealkylation sites (tertiary alicyclic amines) is 1. The fourth-order valence-electron chi connectivity index (χ4n) is 3.30. The van der Waals surface area contributed by atoms with Crippen LogP contribution in [0.4, 0.5) is 5.69 Å². The van der Waals surface area contributed by atoms with E-state index in [1.165, 1.54) is 0 Å². The van der Waals surface area contributed by atoms with Gasteiger partial charge in [0.15, 0.2) is 0 Å². The van der Waals surface area contributed by atoms with Crippen molar-refractivity contribution in [2.24, 2.45) is 0 Å². The fourth-order valence-corrected chi connectivity index (χ4v) is 3.51. The Kier molecular flexibility index (Phi) is 7.08. The Labute approximate surface area is 181 Å². The average Bonchev–Trinajstić information content (AvgIpc) is 2.73. The normalized spacial score (nSPS) is 15.4. The summed E-state index contributed by atoms with van der Waals surface area (Å²) in [6.45, 7) is 0.972. The molecule has 12 heteroatoms. The summed E-state index contributed by atoms with van der Waals surface area (Å²) in [5, 5.41) is 22.2. The van der Waals surface area contributed by atoms with Gasteiger partial charge in [-0.3, -0.25) is 19.4 Å². The number of piperidine rings is 1. The second kappa shape index (κ2) is 9.75. The molecule has 0 spiro atoms. The molecule has 0 aliphatic carbocycles. The molecule has 11 nitrogen and oxygen atoms in total. The van der Waals surface area contributed by atoms with Gasteiger partial charge in [0.05, 0.1) is 22.9 Å². The van der Waals surface area contributed by atoms with E-state index < -0.39 is 28.5 Å². The Bertz CT molecular complexity index is 1060. The number of nitrogens with one attached hydrogen (secondary N) is 4. The average molecular weight is 451 g/mol. The van der Waals surface area contributed by atoms with Gasteiger partial charge in [0.25, 0.3) is 11.5 Å². The van der Waals surface area contributed by atoms with Crippen LogP contribution < -0.4 is 21.9 Å². The van der Waals surface area contributed by atoms with Gasteiger partial charge in [-0.1, -0.05) is 23.7 Å². The maximum atomic E-state index is 12.4. The molecule has 1 aliphatic heterocycles. The van der Waals surface area contributed by atoms with Gasteiger partial charge in [-0.25, -0.2) is 9.89 Å². The lowest BCUT2D eigenvalue weighted by atomic mass is 9.88. The van der Waals surface area contributed by atoms with Crippen molar-refractivity contribution in [2.75, 3.05) is 31.5 Å². The number of benzene rings is 1. The van der Waals surface area contributed by atoms with Gasteiger partial charge >= 0.3 is 5.69 Å². The molecule has 2 amide bonds. The lowest BCUT2D eigenvalue weighted by Crippen LogP contribution is -2.49. The minimum absolute atomic E-state index is 0.0962. The Balaban J connectivity index is 1.43. The molecule has 1 aliphatic rings. The van der Waals surface area contributed by atoms with Crippen molar-refractivity contribution in [2.45, 2.75) is 24.9 Å². The van der Waals surface area contributed by atoms with Crippen LogP contribution in [0.25, 0.3) is 0 Å². The number of H-pyrrole nitrogens is 2. The van der Waals surface area contributed by atoms with Crippen molar-refractivity contribution in [3.63, 3.8) is 0 Å². The molecule has 1 fully saturated rings. The summed E-state index contributed by atoms with van der Waals surface area (Å²) in [6, 6.07) is 7.15. The summed E-state index contributed by atoms with van der Waals surface area (Å²) in [6.07, 6.45) is 0.969. The third kappa shape index (κ3) is 5.92. The zero-order valence-corrected chi connectivity index (χ0v) is 17.4. The van der Waals surface area contributed by atoms with Crippen molar-refractivity contribution in [3.05, 3.63) is 55.8 Å². The van der Waals surface area contributed by atoms with Gasteiger partial charge in [-0.05, 0) is 31.4 Å². The molecule has 1 aromatic heterocycles. The third-order valence-electron chi connectivity index (χ3n) is 5.15. The van der Waals surface area contributed by atoms with Crippen LogP contribution in [0, 0.1) is 0 Å². The highest BCUT2D eigenvalue weighted by Crippen LogP contribution is 2.25. The van der Waals surface area contributed by atoms with E-state index in [1.54, 1.807) is 23.1 Å². The summed E-state index contributed by atoms with van der Waals surface area (Å²) in [4.78, 5) is 50.5. The SMILES string of the molecule is O=C(NCCC1(O)CCN(C(=O)CNc2ccccc2Cl)CC1)c1n[nH]c(=O)[nH]c1=O. The zero-order chi connectivity index (χ0) is 22.4.